The Morgan fingerprint density at radius 1 is 1.41 bits per heavy atom. The molecule has 2 heterocycles. The van der Waals surface area contributed by atoms with E-state index in [2.05, 4.69) is 28.2 Å². The van der Waals surface area contributed by atoms with Crippen LogP contribution in [0.1, 0.15) is 25.3 Å². The number of nitrogens with one attached hydrogen (secondary N) is 1. The molecule has 1 aromatic rings. The van der Waals surface area contributed by atoms with Crippen LogP contribution in [0.5, 0.6) is 0 Å². The van der Waals surface area contributed by atoms with Crippen LogP contribution in [0.4, 0.5) is 0 Å². The van der Waals surface area contributed by atoms with Gasteiger partial charge in [0.05, 0.1) is 0 Å². The summed E-state index contributed by atoms with van der Waals surface area (Å²) in [4.78, 5) is 6.73. The van der Waals surface area contributed by atoms with E-state index in [0.717, 1.165) is 19.0 Å². The first-order chi connectivity index (χ1) is 8.38. The number of hydrogen-bond donors (Lipinski definition) is 1. The van der Waals surface area contributed by atoms with E-state index in [0.29, 0.717) is 0 Å². The summed E-state index contributed by atoms with van der Waals surface area (Å²) >= 11 is 0. The molecule has 0 atom stereocenters. The zero-order valence-electron chi connectivity index (χ0n) is 10.7. The fraction of sp³-hybridized carbons (Fsp3) is 0.643. The summed E-state index contributed by atoms with van der Waals surface area (Å²) in [6.45, 7) is 6.93. The number of pyridine rings is 1. The van der Waals surface area contributed by atoms with Gasteiger partial charge in [0.25, 0.3) is 0 Å². The van der Waals surface area contributed by atoms with Crippen LogP contribution in [0.15, 0.2) is 24.5 Å². The molecule has 3 heteroatoms. The Kier molecular flexibility index (Phi) is 4.95. The Morgan fingerprint density at radius 2 is 2.24 bits per heavy atom. The molecule has 2 rings (SSSR count). The monoisotopic (exact) mass is 233 g/mol. The maximum absolute atomic E-state index is 4.16. The molecule has 17 heavy (non-hydrogen) atoms. The largest absolute Gasteiger partial charge is 0.314 e. The van der Waals surface area contributed by atoms with Crippen LogP contribution in [0.25, 0.3) is 0 Å². The first-order valence-electron chi connectivity index (χ1n) is 6.73. The molecule has 0 aliphatic carbocycles. The molecule has 0 amide bonds. The van der Waals surface area contributed by atoms with E-state index in [1.54, 1.807) is 0 Å². The summed E-state index contributed by atoms with van der Waals surface area (Å²) in [6, 6.07) is 4.93. The van der Waals surface area contributed by atoms with Crippen molar-refractivity contribution in [2.75, 3.05) is 26.2 Å². The van der Waals surface area contributed by atoms with Gasteiger partial charge in [0.2, 0.25) is 0 Å². The Bertz CT molecular complexity index is 305. The Balaban J connectivity index is 1.68. The van der Waals surface area contributed by atoms with E-state index in [1.807, 2.05) is 18.5 Å². The van der Waals surface area contributed by atoms with Crippen LogP contribution in [-0.4, -0.2) is 42.1 Å². The van der Waals surface area contributed by atoms with Crippen LogP contribution >= 0.6 is 0 Å². The van der Waals surface area contributed by atoms with Crippen molar-refractivity contribution in [3.05, 3.63) is 30.1 Å². The molecule has 0 unspecified atom stereocenters. The SMILES string of the molecule is CCNC1CCN(CCc2cccnc2)CC1. The number of likely N-dealkylation sites (tertiary alicyclic amines) is 1. The van der Waals surface area contributed by atoms with Gasteiger partial charge in [0, 0.05) is 25.0 Å². The summed E-state index contributed by atoms with van der Waals surface area (Å²) < 4.78 is 0. The molecule has 1 N–H and O–H groups in total. The molecule has 3 nitrogen and oxygen atoms in total. The second-order valence-corrected chi connectivity index (χ2v) is 4.78. The van der Waals surface area contributed by atoms with E-state index < -0.39 is 0 Å². The van der Waals surface area contributed by atoms with E-state index in [1.165, 1.54) is 38.0 Å². The molecule has 0 saturated carbocycles. The summed E-state index contributed by atoms with van der Waals surface area (Å²) in [6.07, 6.45) is 7.53. The molecule has 1 fully saturated rings. The van der Waals surface area contributed by atoms with Gasteiger partial charge in [-0.2, -0.15) is 0 Å². The van der Waals surface area contributed by atoms with E-state index in [9.17, 15) is 0 Å². The lowest BCUT2D eigenvalue weighted by atomic mass is 10.0. The van der Waals surface area contributed by atoms with Gasteiger partial charge in [-0.05, 0) is 50.5 Å². The average molecular weight is 233 g/mol. The smallest absolute Gasteiger partial charge is 0.0300 e. The van der Waals surface area contributed by atoms with E-state index in [-0.39, 0.29) is 0 Å². The Labute approximate surface area is 104 Å². The maximum Gasteiger partial charge on any atom is 0.0300 e. The third kappa shape index (κ3) is 4.10. The number of hydrogen-bond acceptors (Lipinski definition) is 3. The van der Waals surface area contributed by atoms with Crippen LogP contribution in [-0.2, 0) is 6.42 Å². The zero-order chi connectivity index (χ0) is 11.9. The molecule has 1 saturated heterocycles. The minimum Gasteiger partial charge on any atom is -0.314 e. The third-order valence-corrected chi connectivity index (χ3v) is 3.52. The minimum atomic E-state index is 0.745. The second kappa shape index (κ2) is 6.72. The lowest BCUT2D eigenvalue weighted by Gasteiger charge is -2.32. The third-order valence-electron chi connectivity index (χ3n) is 3.52. The van der Waals surface area contributed by atoms with Crippen molar-refractivity contribution in [1.82, 2.24) is 15.2 Å². The van der Waals surface area contributed by atoms with Gasteiger partial charge in [0.15, 0.2) is 0 Å². The van der Waals surface area contributed by atoms with E-state index >= 15 is 0 Å². The number of rotatable bonds is 5. The fourth-order valence-electron chi connectivity index (χ4n) is 2.48. The summed E-state index contributed by atoms with van der Waals surface area (Å²) in [7, 11) is 0. The fourth-order valence-corrected chi connectivity index (χ4v) is 2.48. The quantitative estimate of drug-likeness (QED) is 0.839. The van der Waals surface area contributed by atoms with Crippen molar-refractivity contribution in [2.45, 2.75) is 32.2 Å². The summed E-state index contributed by atoms with van der Waals surface area (Å²) in [5, 5.41) is 3.54. The Hall–Kier alpha value is -0.930. The lowest BCUT2D eigenvalue weighted by molar-refractivity contribution is 0.201. The molecular formula is C14H23N3. The lowest BCUT2D eigenvalue weighted by Crippen LogP contribution is -2.43. The molecule has 0 spiro atoms. The van der Waals surface area contributed by atoms with Crippen LogP contribution in [0.2, 0.25) is 0 Å². The van der Waals surface area contributed by atoms with Crippen molar-refractivity contribution in [1.29, 1.82) is 0 Å². The van der Waals surface area contributed by atoms with Crippen molar-refractivity contribution in [2.24, 2.45) is 0 Å². The van der Waals surface area contributed by atoms with Crippen molar-refractivity contribution < 1.29 is 0 Å². The summed E-state index contributed by atoms with van der Waals surface area (Å²) in [5.41, 5.74) is 1.35. The van der Waals surface area contributed by atoms with Gasteiger partial charge in [-0.3, -0.25) is 4.98 Å². The number of piperidine rings is 1. The van der Waals surface area contributed by atoms with E-state index in [4.69, 9.17) is 0 Å². The van der Waals surface area contributed by atoms with Crippen LogP contribution in [0.3, 0.4) is 0 Å². The van der Waals surface area contributed by atoms with Gasteiger partial charge in [-0.25, -0.2) is 0 Å². The van der Waals surface area contributed by atoms with Gasteiger partial charge < -0.3 is 10.2 Å². The first-order valence-corrected chi connectivity index (χ1v) is 6.73. The molecule has 0 aromatic carbocycles. The predicted octanol–water partition coefficient (Wildman–Crippen LogP) is 1.70. The molecule has 1 aromatic heterocycles. The van der Waals surface area contributed by atoms with Gasteiger partial charge >= 0.3 is 0 Å². The van der Waals surface area contributed by atoms with Crippen LogP contribution in [0, 0.1) is 0 Å². The summed E-state index contributed by atoms with van der Waals surface area (Å²) in [5.74, 6) is 0. The highest BCUT2D eigenvalue weighted by Crippen LogP contribution is 2.10. The average Bonchev–Trinajstić information content (AvgIpc) is 2.40. The van der Waals surface area contributed by atoms with Gasteiger partial charge in [-0.1, -0.05) is 13.0 Å². The van der Waals surface area contributed by atoms with Crippen molar-refractivity contribution >= 4 is 0 Å². The zero-order valence-corrected chi connectivity index (χ0v) is 10.7. The normalized spacial score (nSPS) is 18.4. The van der Waals surface area contributed by atoms with Gasteiger partial charge in [0.1, 0.15) is 0 Å². The molecule has 0 bridgehead atoms. The molecule has 1 aliphatic heterocycles. The predicted molar refractivity (Wildman–Crippen MR) is 71.1 cm³/mol. The molecule has 0 radical (unpaired) electrons. The minimum absolute atomic E-state index is 0.745. The topological polar surface area (TPSA) is 28.2 Å². The standard InChI is InChI=1S/C14H23N3/c1-2-16-14-6-10-17(11-7-14)9-5-13-4-3-8-15-12-13/h3-4,8,12,14,16H,2,5-7,9-11H2,1H3. The Morgan fingerprint density at radius 3 is 2.88 bits per heavy atom. The van der Waals surface area contributed by atoms with Gasteiger partial charge in [-0.15, -0.1) is 0 Å². The second-order valence-electron chi connectivity index (χ2n) is 4.78. The molecular weight excluding hydrogens is 210 g/mol. The van der Waals surface area contributed by atoms with Crippen molar-refractivity contribution in [3.8, 4) is 0 Å². The van der Waals surface area contributed by atoms with Crippen molar-refractivity contribution in [3.63, 3.8) is 0 Å². The maximum atomic E-state index is 4.16. The number of aromatic nitrogens is 1. The highest BCUT2D eigenvalue weighted by molar-refractivity contribution is 5.08. The van der Waals surface area contributed by atoms with Crippen LogP contribution < -0.4 is 5.32 Å². The first kappa shape index (κ1) is 12.5. The molecule has 1 aliphatic rings. The highest BCUT2D eigenvalue weighted by Gasteiger charge is 2.17. The number of nitrogens with zero attached hydrogens (tertiary/aromatic N) is 2. The molecule has 94 valence electrons. The highest BCUT2D eigenvalue weighted by atomic mass is 15.1.